The van der Waals surface area contributed by atoms with Crippen molar-refractivity contribution in [1.82, 2.24) is 15.3 Å². The van der Waals surface area contributed by atoms with E-state index in [0.717, 1.165) is 31.5 Å². The van der Waals surface area contributed by atoms with E-state index in [1.54, 1.807) is 6.92 Å². The Balaban J connectivity index is 1.48. The first-order chi connectivity index (χ1) is 18.0. The quantitative estimate of drug-likeness (QED) is 0.408. The number of esters is 1. The van der Waals surface area contributed by atoms with E-state index in [-0.39, 0.29) is 31.2 Å². The minimum absolute atomic E-state index is 0.0983. The van der Waals surface area contributed by atoms with Crippen molar-refractivity contribution < 1.29 is 19.1 Å². The highest BCUT2D eigenvalue weighted by Crippen LogP contribution is 2.25. The molecule has 37 heavy (non-hydrogen) atoms. The van der Waals surface area contributed by atoms with Gasteiger partial charge in [-0.2, -0.15) is 0 Å². The number of amides is 1. The van der Waals surface area contributed by atoms with Crippen molar-refractivity contribution in [3.8, 4) is 5.75 Å². The number of hydrogen-bond donors (Lipinski definition) is 2. The predicted octanol–water partition coefficient (Wildman–Crippen LogP) is 3.10. The number of nitrogens with one attached hydrogen (secondary N) is 2. The zero-order valence-corrected chi connectivity index (χ0v) is 20.9. The molecule has 4 rings (SSSR count). The van der Waals surface area contributed by atoms with Gasteiger partial charge in [-0.1, -0.05) is 48.5 Å². The van der Waals surface area contributed by atoms with Crippen LogP contribution in [0.4, 0.5) is 5.69 Å². The van der Waals surface area contributed by atoms with Crippen molar-refractivity contribution >= 4 is 17.6 Å². The Bertz CT molecular complexity index is 1240. The minimum Gasteiger partial charge on any atom is -0.481 e. The van der Waals surface area contributed by atoms with Gasteiger partial charge in [0, 0.05) is 25.2 Å². The summed E-state index contributed by atoms with van der Waals surface area (Å²) in [6.07, 6.45) is 2.42. The molecule has 0 aliphatic carbocycles. The van der Waals surface area contributed by atoms with Gasteiger partial charge < -0.3 is 24.7 Å². The summed E-state index contributed by atoms with van der Waals surface area (Å²) in [5.41, 5.74) is 1.38. The van der Waals surface area contributed by atoms with E-state index >= 15 is 0 Å². The lowest BCUT2D eigenvalue weighted by atomic mass is 9.93. The third-order valence-corrected chi connectivity index (χ3v) is 6.28. The normalized spacial score (nSPS) is 13.7. The Morgan fingerprint density at radius 3 is 2.41 bits per heavy atom. The van der Waals surface area contributed by atoms with E-state index in [4.69, 9.17) is 9.47 Å². The molecule has 0 unspecified atom stereocenters. The third kappa shape index (κ3) is 7.19. The molecule has 2 N–H and O–H groups in total. The van der Waals surface area contributed by atoms with Crippen molar-refractivity contribution in [1.29, 1.82) is 0 Å². The number of hydrogen-bond acceptors (Lipinski definition) is 7. The maximum Gasteiger partial charge on any atom is 0.325 e. The zero-order valence-electron chi connectivity index (χ0n) is 20.9. The van der Waals surface area contributed by atoms with Gasteiger partial charge in [-0.05, 0) is 43.4 Å². The van der Waals surface area contributed by atoms with Gasteiger partial charge in [-0.25, -0.2) is 4.98 Å². The number of H-pyrrole nitrogens is 1. The smallest absolute Gasteiger partial charge is 0.325 e. The van der Waals surface area contributed by atoms with Crippen molar-refractivity contribution in [2.45, 2.75) is 32.8 Å². The summed E-state index contributed by atoms with van der Waals surface area (Å²) in [6.45, 7) is 3.47. The number of anilines is 1. The van der Waals surface area contributed by atoms with E-state index in [1.165, 1.54) is 5.69 Å². The molecule has 9 heteroatoms. The molecular formula is C28H32N4O5. The summed E-state index contributed by atoms with van der Waals surface area (Å²) in [5, 5.41) is 2.49. The van der Waals surface area contributed by atoms with Crippen LogP contribution in [-0.4, -0.2) is 48.1 Å². The fourth-order valence-corrected chi connectivity index (χ4v) is 4.38. The number of aromatic amines is 1. The van der Waals surface area contributed by atoms with Gasteiger partial charge in [0.2, 0.25) is 5.75 Å². The monoisotopic (exact) mass is 504 g/mol. The van der Waals surface area contributed by atoms with Crippen molar-refractivity contribution in [3.05, 3.63) is 88.1 Å². The summed E-state index contributed by atoms with van der Waals surface area (Å²) >= 11 is 0. The standard InChI is InChI=1S/C28H32N4O5/c1-2-36-24(33)18-29-27(34)25-26(37-19-21-9-5-3-6-10-21)28(35)31-23(30-25)17-20-13-15-32(16-14-20)22-11-7-4-8-12-22/h3-12,20H,2,13-19H2,1H3,(H,29,34)(H,30,31,35). The molecule has 2 heterocycles. The Hall–Kier alpha value is -4.14. The van der Waals surface area contributed by atoms with Gasteiger partial charge in [0.1, 0.15) is 19.0 Å². The van der Waals surface area contributed by atoms with Gasteiger partial charge in [0.25, 0.3) is 11.5 Å². The lowest BCUT2D eigenvalue weighted by Crippen LogP contribution is -2.35. The van der Waals surface area contributed by atoms with Gasteiger partial charge in [0.15, 0.2) is 5.69 Å². The Morgan fingerprint density at radius 1 is 1.05 bits per heavy atom. The second-order valence-electron chi connectivity index (χ2n) is 8.92. The maximum absolute atomic E-state index is 13.0. The predicted molar refractivity (Wildman–Crippen MR) is 140 cm³/mol. The molecule has 3 aromatic rings. The number of aromatic nitrogens is 2. The Morgan fingerprint density at radius 2 is 1.73 bits per heavy atom. The number of benzene rings is 2. The van der Waals surface area contributed by atoms with Crippen LogP contribution in [0.3, 0.4) is 0 Å². The van der Waals surface area contributed by atoms with Crippen LogP contribution in [0.1, 0.15) is 41.6 Å². The molecular weight excluding hydrogens is 472 g/mol. The number of nitrogens with zero attached hydrogens (tertiary/aromatic N) is 2. The molecule has 1 aromatic heterocycles. The Kier molecular flexibility index (Phi) is 8.91. The van der Waals surface area contributed by atoms with Crippen LogP contribution in [0, 0.1) is 5.92 Å². The summed E-state index contributed by atoms with van der Waals surface area (Å²) < 4.78 is 10.6. The molecule has 2 aromatic carbocycles. The molecule has 1 saturated heterocycles. The molecule has 0 radical (unpaired) electrons. The summed E-state index contributed by atoms with van der Waals surface area (Å²) in [4.78, 5) is 47.3. The molecule has 0 spiro atoms. The van der Waals surface area contributed by atoms with Crippen LogP contribution in [0.2, 0.25) is 0 Å². The average Bonchev–Trinajstić information content (AvgIpc) is 2.92. The lowest BCUT2D eigenvalue weighted by molar-refractivity contribution is -0.141. The van der Waals surface area contributed by atoms with E-state index in [2.05, 4.69) is 32.3 Å². The van der Waals surface area contributed by atoms with E-state index in [1.807, 2.05) is 48.5 Å². The van der Waals surface area contributed by atoms with Gasteiger partial charge in [-0.15, -0.1) is 0 Å². The molecule has 9 nitrogen and oxygen atoms in total. The van der Waals surface area contributed by atoms with Crippen LogP contribution in [0.5, 0.6) is 5.75 Å². The summed E-state index contributed by atoms with van der Waals surface area (Å²) in [7, 11) is 0. The summed E-state index contributed by atoms with van der Waals surface area (Å²) in [5.74, 6) is -0.667. The molecule has 1 aliphatic rings. The fourth-order valence-electron chi connectivity index (χ4n) is 4.38. The van der Waals surface area contributed by atoms with Crippen LogP contribution < -0.4 is 20.5 Å². The largest absolute Gasteiger partial charge is 0.481 e. The van der Waals surface area contributed by atoms with Crippen LogP contribution in [-0.2, 0) is 22.6 Å². The number of rotatable bonds is 10. The van der Waals surface area contributed by atoms with Crippen LogP contribution >= 0.6 is 0 Å². The minimum atomic E-state index is -0.664. The fraction of sp³-hybridized carbons (Fsp3) is 0.357. The van der Waals surface area contributed by atoms with Gasteiger partial charge >= 0.3 is 5.97 Å². The number of carbonyl (C=O) groups excluding carboxylic acids is 2. The highest BCUT2D eigenvalue weighted by atomic mass is 16.5. The molecule has 0 atom stereocenters. The SMILES string of the molecule is CCOC(=O)CNC(=O)c1nc(CC2CCN(c3ccccc3)CC2)[nH]c(=O)c1OCc1ccccc1. The van der Waals surface area contributed by atoms with Crippen LogP contribution in [0.15, 0.2) is 65.5 Å². The molecule has 1 fully saturated rings. The van der Waals surface area contributed by atoms with Crippen LogP contribution in [0.25, 0.3) is 0 Å². The zero-order chi connectivity index (χ0) is 26.0. The first-order valence-corrected chi connectivity index (χ1v) is 12.6. The molecule has 1 amide bonds. The molecule has 194 valence electrons. The van der Waals surface area contributed by atoms with E-state index in [9.17, 15) is 14.4 Å². The second-order valence-corrected chi connectivity index (χ2v) is 8.92. The van der Waals surface area contributed by atoms with Crippen molar-refractivity contribution in [2.75, 3.05) is 31.1 Å². The molecule has 0 saturated carbocycles. The number of para-hydroxylation sites is 1. The average molecular weight is 505 g/mol. The topological polar surface area (TPSA) is 114 Å². The molecule has 0 bridgehead atoms. The summed E-state index contributed by atoms with van der Waals surface area (Å²) in [6, 6.07) is 19.6. The molecule has 1 aliphatic heterocycles. The highest BCUT2D eigenvalue weighted by Gasteiger charge is 2.24. The second kappa shape index (κ2) is 12.7. The Labute approximate surface area is 215 Å². The van der Waals surface area contributed by atoms with E-state index < -0.39 is 17.4 Å². The number of piperidine rings is 1. The highest BCUT2D eigenvalue weighted by molar-refractivity contribution is 5.96. The number of carbonyl (C=O) groups is 2. The lowest BCUT2D eigenvalue weighted by Gasteiger charge is -2.33. The third-order valence-electron chi connectivity index (χ3n) is 6.28. The number of ether oxygens (including phenoxy) is 2. The van der Waals surface area contributed by atoms with Crippen molar-refractivity contribution in [2.24, 2.45) is 5.92 Å². The first-order valence-electron chi connectivity index (χ1n) is 12.6. The first kappa shape index (κ1) is 25.9. The van der Waals surface area contributed by atoms with E-state index in [0.29, 0.717) is 18.2 Å². The maximum atomic E-state index is 13.0. The van der Waals surface area contributed by atoms with Crippen molar-refractivity contribution in [3.63, 3.8) is 0 Å². The van der Waals surface area contributed by atoms with Gasteiger partial charge in [0.05, 0.1) is 6.61 Å². The van der Waals surface area contributed by atoms with Gasteiger partial charge in [-0.3, -0.25) is 14.4 Å².